The third-order valence-corrected chi connectivity index (χ3v) is 4.79. The third kappa shape index (κ3) is 2.60. The molecule has 3 aliphatic rings. The van der Waals surface area contributed by atoms with E-state index in [4.69, 9.17) is 0 Å². The molecule has 2 aliphatic carbocycles. The highest BCUT2D eigenvalue weighted by atomic mass is 15.2. The summed E-state index contributed by atoms with van der Waals surface area (Å²) in [5, 5.41) is 3.85. The molecule has 0 aromatic heterocycles. The zero-order chi connectivity index (χ0) is 10.8. The Hall–Kier alpha value is -0.0800. The zero-order valence-corrected chi connectivity index (χ0v) is 10.5. The highest BCUT2D eigenvalue weighted by molar-refractivity contribution is 4.97. The normalized spacial score (nSPS) is 30.8. The fourth-order valence-electron chi connectivity index (χ4n) is 3.57. The summed E-state index contributed by atoms with van der Waals surface area (Å²) in [4.78, 5) is 2.75. The maximum absolute atomic E-state index is 3.85. The van der Waals surface area contributed by atoms with Crippen LogP contribution in [0.3, 0.4) is 0 Å². The fourth-order valence-corrected chi connectivity index (χ4v) is 3.57. The van der Waals surface area contributed by atoms with E-state index in [-0.39, 0.29) is 0 Å². The van der Waals surface area contributed by atoms with Crippen LogP contribution < -0.4 is 5.32 Å². The van der Waals surface area contributed by atoms with E-state index in [1.54, 1.807) is 0 Å². The molecule has 3 fully saturated rings. The van der Waals surface area contributed by atoms with Crippen LogP contribution in [-0.4, -0.2) is 36.6 Å². The molecule has 3 rings (SSSR count). The molecule has 1 heterocycles. The predicted octanol–water partition coefficient (Wildman–Crippen LogP) is 2.39. The smallest absolute Gasteiger partial charge is 0.0308 e. The Labute approximate surface area is 99.8 Å². The highest BCUT2D eigenvalue weighted by Crippen LogP contribution is 2.34. The SMILES string of the molecule is C1CNC2(CCCC2)CN(CCC2CC2)C1. The lowest BCUT2D eigenvalue weighted by atomic mass is 9.97. The van der Waals surface area contributed by atoms with E-state index in [0.717, 1.165) is 5.92 Å². The Morgan fingerprint density at radius 1 is 1.12 bits per heavy atom. The average Bonchev–Trinajstić information content (AvgIpc) is 3.03. The van der Waals surface area contributed by atoms with Crippen molar-refractivity contribution < 1.29 is 0 Å². The standard InChI is InChI=1S/C14H26N2/c1-2-8-14(7-1)12-16(10-3-9-15-14)11-6-13-4-5-13/h13,15H,1-12H2. The number of rotatable bonds is 3. The van der Waals surface area contributed by atoms with Crippen LogP contribution in [0.2, 0.25) is 0 Å². The largest absolute Gasteiger partial charge is 0.310 e. The third-order valence-electron chi connectivity index (χ3n) is 4.79. The summed E-state index contributed by atoms with van der Waals surface area (Å²) in [6, 6.07) is 0. The minimum absolute atomic E-state index is 0.514. The molecule has 2 saturated carbocycles. The van der Waals surface area contributed by atoms with Crippen molar-refractivity contribution in [2.75, 3.05) is 26.2 Å². The van der Waals surface area contributed by atoms with Crippen molar-refractivity contribution in [1.82, 2.24) is 10.2 Å². The molecule has 0 aromatic rings. The van der Waals surface area contributed by atoms with Crippen molar-refractivity contribution in [3.8, 4) is 0 Å². The van der Waals surface area contributed by atoms with Crippen molar-refractivity contribution in [1.29, 1.82) is 0 Å². The van der Waals surface area contributed by atoms with E-state index in [1.807, 2.05) is 0 Å². The van der Waals surface area contributed by atoms with Crippen LogP contribution in [0.15, 0.2) is 0 Å². The molecule has 0 amide bonds. The van der Waals surface area contributed by atoms with E-state index in [9.17, 15) is 0 Å². The molecule has 0 radical (unpaired) electrons. The molecular formula is C14H26N2. The first kappa shape index (κ1) is 11.0. The van der Waals surface area contributed by atoms with E-state index in [2.05, 4.69) is 10.2 Å². The van der Waals surface area contributed by atoms with Gasteiger partial charge in [0.15, 0.2) is 0 Å². The highest BCUT2D eigenvalue weighted by Gasteiger charge is 2.36. The Morgan fingerprint density at radius 3 is 2.69 bits per heavy atom. The Morgan fingerprint density at radius 2 is 1.94 bits per heavy atom. The van der Waals surface area contributed by atoms with Gasteiger partial charge in [-0.25, -0.2) is 0 Å². The van der Waals surface area contributed by atoms with Crippen molar-refractivity contribution in [3.63, 3.8) is 0 Å². The average molecular weight is 222 g/mol. The molecule has 2 nitrogen and oxygen atoms in total. The minimum Gasteiger partial charge on any atom is -0.310 e. The molecule has 92 valence electrons. The second kappa shape index (κ2) is 4.66. The minimum atomic E-state index is 0.514. The fraction of sp³-hybridized carbons (Fsp3) is 1.00. The molecule has 0 aromatic carbocycles. The van der Waals surface area contributed by atoms with Crippen LogP contribution in [0, 0.1) is 5.92 Å². The van der Waals surface area contributed by atoms with Crippen molar-refractivity contribution in [2.24, 2.45) is 5.92 Å². The first-order valence-corrected chi connectivity index (χ1v) is 7.34. The van der Waals surface area contributed by atoms with Gasteiger partial charge in [-0.1, -0.05) is 25.7 Å². The van der Waals surface area contributed by atoms with Crippen molar-refractivity contribution in [2.45, 2.75) is 56.9 Å². The van der Waals surface area contributed by atoms with Gasteiger partial charge >= 0.3 is 0 Å². The summed E-state index contributed by atoms with van der Waals surface area (Å²) in [5.41, 5.74) is 0.514. The number of hydrogen-bond acceptors (Lipinski definition) is 2. The Bertz CT molecular complexity index is 229. The second-order valence-electron chi connectivity index (χ2n) is 6.28. The summed E-state index contributed by atoms with van der Waals surface area (Å²) in [5.74, 6) is 1.09. The van der Waals surface area contributed by atoms with Gasteiger partial charge in [0, 0.05) is 12.1 Å². The molecule has 0 bridgehead atoms. The topological polar surface area (TPSA) is 15.3 Å². The second-order valence-corrected chi connectivity index (χ2v) is 6.28. The van der Waals surface area contributed by atoms with Gasteiger partial charge in [-0.3, -0.25) is 0 Å². The predicted molar refractivity (Wildman–Crippen MR) is 67.6 cm³/mol. The summed E-state index contributed by atoms with van der Waals surface area (Å²) < 4.78 is 0. The van der Waals surface area contributed by atoms with Crippen LogP contribution in [0.4, 0.5) is 0 Å². The van der Waals surface area contributed by atoms with Gasteiger partial charge in [0.25, 0.3) is 0 Å². The van der Waals surface area contributed by atoms with E-state index in [1.165, 1.54) is 77.5 Å². The molecular weight excluding hydrogens is 196 g/mol. The lowest BCUT2D eigenvalue weighted by Crippen LogP contribution is -2.49. The van der Waals surface area contributed by atoms with E-state index < -0.39 is 0 Å². The van der Waals surface area contributed by atoms with E-state index >= 15 is 0 Å². The maximum Gasteiger partial charge on any atom is 0.0308 e. The molecule has 2 heteroatoms. The number of nitrogens with one attached hydrogen (secondary N) is 1. The van der Waals surface area contributed by atoms with Crippen molar-refractivity contribution in [3.05, 3.63) is 0 Å². The molecule has 0 unspecified atom stereocenters. The Kier molecular flexibility index (Phi) is 3.21. The van der Waals surface area contributed by atoms with Crippen LogP contribution >= 0.6 is 0 Å². The van der Waals surface area contributed by atoms with Gasteiger partial charge in [0.05, 0.1) is 0 Å². The van der Waals surface area contributed by atoms with Crippen LogP contribution in [-0.2, 0) is 0 Å². The molecule has 16 heavy (non-hydrogen) atoms. The van der Waals surface area contributed by atoms with Crippen molar-refractivity contribution >= 4 is 0 Å². The first-order valence-electron chi connectivity index (χ1n) is 7.34. The summed E-state index contributed by atoms with van der Waals surface area (Å²) in [7, 11) is 0. The van der Waals surface area contributed by atoms with Gasteiger partial charge in [-0.2, -0.15) is 0 Å². The van der Waals surface area contributed by atoms with Crippen LogP contribution in [0.5, 0.6) is 0 Å². The van der Waals surface area contributed by atoms with Crippen LogP contribution in [0.25, 0.3) is 0 Å². The molecule has 0 atom stereocenters. The van der Waals surface area contributed by atoms with Gasteiger partial charge in [0.2, 0.25) is 0 Å². The summed E-state index contributed by atoms with van der Waals surface area (Å²) in [6.45, 7) is 5.29. The Balaban J connectivity index is 1.55. The van der Waals surface area contributed by atoms with Gasteiger partial charge in [-0.05, 0) is 51.2 Å². The zero-order valence-electron chi connectivity index (χ0n) is 10.5. The van der Waals surface area contributed by atoms with E-state index in [0.29, 0.717) is 5.54 Å². The maximum atomic E-state index is 3.85. The van der Waals surface area contributed by atoms with Gasteiger partial charge < -0.3 is 10.2 Å². The number of nitrogens with zero attached hydrogens (tertiary/aromatic N) is 1. The molecule has 1 saturated heterocycles. The summed E-state index contributed by atoms with van der Waals surface area (Å²) in [6.07, 6.45) is 11.6. The molecule has 1 N–H and O–H groups in total. The van der Waals surface area contributed by atoms with Crippen LogP contribution in [0.1, 0.15) is 51.4 Å². The summed E-state index contributed by atoms with van der Waals surface area (Å²) >= 11 is 0. The molecule has 1 aliphatic heterocycles. The number of hydrogen-bond donors (Lipinski definition) is 1. The molecule has 1 spiro atoms. The lowest BCUT2D eigenvalue weighted by Gasteiger charge is -2.33. The quantitative estimate of drug-likeness (QED) is 0.789. The van der Waals surface area contributed by atoms with Gasteiger partial charge in [-0.15, -0.1) is 0 Å². The first-order chi connectivity index (χ1) is 7.86. The van der Waals surface area contributed by atoms with Gasteiger partial charge in [0.1, 0.15) is 0 Å². The monoisotopic (exact) mass is 222 g/mol. The lowest BCUT2D eigenvalue weighted by molar-refractivity contribution is 0.205.